The van der Waals surface area contributed by atoms with E-state index in [1.165, 1.54) is 23.3 Å². The molecule has 4 nitrogen and oxygen atoms in total. The second-order valence-electron chi connectivity index (χ2n) is 10.1. The molecule has 0 radical (unpaired) electrons. The number of carbonyl (C=O) groups is 2. The molecule has 1 atom stereocenters. The molecule has 0 saturated heterocycles. The first-order valence-corrected chi connectivity index (χ1v) is 13.1. The molecule has 3 rings (SSSR count). The van der Waals surface area contributed by atoms with E-state index in [2.05, 4.69) is 43.4 Å². The van der Waals surface area contributed by atoms with Gasteiger partial charge in [0, 0.05) is 12.0 Å². The standard InChI is InChI=1S/C30H40FNO3/c1-4-23-9-11-25(12-10-23)19-24(5-2)13-16-30(22(3)33)17-14-28(15-18-30)35-29(34)32-21-26-7-6-8-27(31)20-26/h6-12,20,24,28H,4-5,13-19,21H2,1-3H3,(H,32,34). The zero-order chi connectivity index (χ0) is 25.3. The number of hydrogen-bond donors (Lipinski definition) is 1. The van der Waals surface area contributed by atoms with Gasteiger partial charge in [-0.1, -0.05) is 56.7 Å². The van der Waals surface area contributed by atoms with E-state index in [-0.39, 0.29) is 29.7 Å². The van der Waals surface area contributed by atoms with Gasteiger partial charge in [-0.15, -0.1) is 0 Å². The minimum atomic E-state index is -0.491. The highest BCUT2D eigenvalue weighted by Crippen LogP contribution is 2.43. The number of ketones is 1. The molecule has 35 heavy (non-hydrogen) atoms. The van der Waals surface area contributed by atoms with Crippen LogP contribution >= 0.6 is 0 Å². The summed E-state index contributed by atoms with van der Waals surface area (Å²) in [5.74, 6) is 0.486. The fourth-order valence-electron chi connectivity index (χ4n) is 5.23. The van der Waals surface area contributed by atoms with Crippen molar-refractivity contribution in [2.75, 3.05) is 0 Å². The summed E-state index contributed by atoms with van der Waals surface area (Å²) in [6.45, 7) is 6.35. The number of halogens is 1. The van der Waals surface area contributed by atoms with Crippen LogP contribution in [-0.2, 0) is 28.9 Å². The number of hydrogen-bond acceptors (Lipinski definition) is 3. The van der Waals surface area contributed by atoms with E-state index in [1.54, 1.807) is 19.1 Å². The smallest absolute Gasteiger partial charge is 0.407 e. The van der Waals surface area contributed by atoms with Crippen molar-refractivity contribution >= 4 is 11.9 Å². The van der Waals surface area contributed by atoms with Crippen LogP contribution in [0.5, 0.6) is 0 Å². The highest BCUT2D eigenvalue weighted by Gasteiger charge is 2.40. The summed E-state index contributed by atoms with van der Waals surface area (Å²) < 4.78 is 18.9. The Labute approximate surface area is 209 Å². The molecule has 0 aromatic heterocycles. The van der Waals surface area contributed by atoms with Crippen molar-refractivity contribution in [1.29, 1.82) is 0 Å². The molecule has 0 aliphatic heterocycles. The van der Waals surface area contributed by atoms with E-state index < -0.39 is 6.09 Å². The predicted octanol–water partition coefficient (Wildman–Crippen LogP) is 7.18. The first-order valence-electron chi connectivity index (χ1n) is 13.1. The van der Waals surface area contributed by atoms with Crippen molar-refractivity contribution in [2.24, 2.45) is 11.3 Å². The minimum Gasteiger partial charge on any atom is -0.446 e. The number of benzene rings is 2. The summed E-state index contributed by atoms with van der Waals surface area (Å²) in [6, 6.07) is 15.1. The summed E-state index contributed by atoms with van der Waals surface area (Å²) in [5.41, 5.74) is 3.11. The van der Waals surface area contributed by atoms with Gasteiger partial charge in [-0.05, 0) is 93.0 Å². The summed E-state index contributed by atoms with van der Waals surface area (Å²) in [7, 11) is 0. The molecule has 1 aliphatic rings. The van der Waals surface area contributed by atoms with Crippen LogP contribution in [0.15, 0.2) is 48.5 Å². The van der Waals surface area contributed by atoms with Crippen molar-refractivity contribution in [3.8, 4) is 0 Å². The maximum Gasteiger partial charge on any atom is 0.407 e. The molecule has 1 fully saturated rings. The Morgan fingerprint density at radius 1 is 1.06 bits per heavy atom. The molecule has 190 valence electrons. The van der Waals surface area contributed by atoms with Gasteiger partial charge in [0.05, 0.1) is 0 Å². The summed E-state index contributed by atoms with van der Waals surface area (Å²) in [6.07, 6.45) is 7.35. The Balaban J connectivity index is 1.47. The number of Topliss-reactive ketones (excluding diaryl/α,β-unsaturated/α-hetero) is 1. The molecule has 1 aliphatic carbocycles. The van der Waals surface area contributed by atoms with Gasteiger partial charge in [-0.3, -0.25) is 4.79 Å². The van der Waals surface area contributed by atoms with Crippen LogP contribution in [0.3, 0.4) is 0 Å². The van der Waals surface area contributed by atoms with Gasteiger partial charge in [0.25, 0.3) is 0 Å². The Morgan fingerprint density at radius 3 is 2.34 bits per heavy atom. The summed E-state index contributed by atoms with van der Waals surface area (Å²) in [4.78, 5) is 25.0. The van der Waals surface area contributed by atoms with Crippen LogP contribution in [-0.4, -0.2) is 18.0 Å². The van der Waals surface area contributed by atoms with Crippen LogP contribution in [0.2, 0.25) is 0 Å². The van der Waals surface area contributed by atoms with Gasteiger partial charge in [0.2, 0.25) is 0 Å². The molecule has 2 aromatic carbocycles. The van der Waals surface area contributed by atoms with Crippen LogP contribution < -0.4 is 5.32 Å². The number of aryl methyl sites for hydroxylation is 1. The average molecular weight is 482 g/mol. The highest BCUT2D eigenvalue weighted by molar-refractivity contribution is 5.82. The summed E-state index contributed by atoms with van der Waals surface area (Å²) in [5, 5.41) is 2.70. The Bertz CT molecular complexity index is 964. The lowest BCUT2D eigenvalue weighted by Gasteiger charge is -2.39. The average Bonchev–Trinajstić information content (AvgIpc) is 2.86. The molecule has 1 saturated carbocycles. The molecule has 0 bridgehead atoms. The minimum absolute atomic E-state index is 0.186. The van der Waals surface area contributed by atoms with Crippen LogP contribution in [0, 0.1) is 17.2 Å². The normalized spacial score (nSPS) is 20.7. The van der Waals surface area contributed by atoms with Crippen molar-refractivity contribution in [3.05, 3.63) is 71.0 Å². The quantitative estimate of drug-likeness (QED) is 0.370. The third-order valence-electron chi connectivity index (χ3n) is 7.80. The Morgan fingerprint density at radius 2 is 1.74 bits per heavy atom. The van der Waals surface area contributed by atoms with Gasteiger partial charge < -0.3 is 10.1 Å². The number of alkyl carbamates (subject to hydrolysis) is 1. The lowest BCUT2D eigenvalue weighted by Crippen LogP contribution is -2.38. The fourth-order valence-corrected chi connectivity index (χ4v) is 5.23. The van der Waals surface area contributed by atoms with E-state index in [0.717, 1.165) is 44.9 Å². The number of nitrogens with one attached hydrogen (secondary N) is 1. The van der Waals surface area contributed by atoms with Crippen molar-refractivity contribution in [3.63, 3.8) is 0 Å². The van der Waals surface area contributed by atoms with E-state index in [0.29, 0.717) is 24.3 Å². The third-order valence-corrected chi connectivity index (χ3v) is 7.80. The van der Waals surface area contributed by atoms with Gasteiger partial charge in [0.1, 0.15) is 17.7 Å². The molecule has 1 N–H and O–H groups in total. The van der Waals surface area contributed by atoms with E-state index >= 15 is 0 Å². The van der Waals surface area contributed by atoms with E-state index in [9.17, 15) is 14.0 Å². The molecule has 5 heteroatoms. The van der Waals surface area contributed by atoms with Gasteiger partial charge >= 0.3 is 6.09 Å². The van der Waals surface area contributed by atoms with Gasteiger partial charge in [-0.25, -0.2) is 9.18 Å². The lowest BCUT2D eigenvalue weighted by molar-refractivity contribution is -0.130. The van der Waals surface area contributed by atoms with Gasteiger partial charge in [-0.2, -0.15) is 0 Å². The molecule has 0 spiro atoms. The first-order chi connectivity index (χ1) is 16.8. The second-order valence-corrected chi connectivity index (χ2v) is 10.1. The maximum absolute atomic E-state index is 13.3. The Hall–Kier alpha value is -2.69. The van der Waals surface area contributed by atoms with E-state index in [1.807, 2.05) is 0 Å². The third kappa shape index (κ3) is 7.91. The van der Waals surface area contributed by atoms with Crippen molar-refractivity contribution in [2.45, 2.75) is 91.2 Å². The lowest BCUT2D eigenvalue weighted by atomic mass is 9.67. The molecule has 1 amide bonds. The molecular weight excluding hydrogens is 441 g/mol. The van der Waals surface area contributed by atoms with Crippen molar-refractivity contribution in [1.82, 2.24) is 5.32 Å². The summed E-state index contributed by atoms with van der Waals surface area (Å²) >= 11 is 0. The monoisotopic (exact) mass is 481 g/mol. The molecule has 0 heterocycles. The van der Waals surface area contributed by atoms with Crippen LogP contribution in [0.25, 0.3) is 0 Å². The zero-order valence-electron chi connectivity index (χ0n) is 21.4. The fraction of sp³-hybridized carbons (Fsp3) is 0.533. The highest BCUT2D eigenvalue weighted by atomic mass is 19.1. The number of amides is 1. The zero-order valence-corrected chi connectivity index (χ0v) is 21.4. The Kier molecular flexibility index (Phi) is 9.88. The molecular formula is C30H40FNO3. The molecule has 2 aromatic rings. The first kappa shape index (κ1) is 26.9. The van der Waals surface area contributed by atoms with E-state index in [4.69, 9.17) is 4.74 Å². The molecule has 1 unspecified atom stereocenters. The number of carbonyl (C=O) groups excluding carboxylic acids is 2. The van der Waals surface area contributed by atoms with Crippen LogP contribution in [0.4, 0.5) is 9.18 Å². The van der Waals surface area contributed by atoms with Gasteiger partial charge in [0.15, 0.2) is 0 Å². The second kappa shape index (κ2) is 12.9. The number of rotatable bonds is 11. The SMILES string of the molecule is CCc1ccc(CC(CC)CCC2(C(C)=O)CCC(OC(=O)NCc3cccc(F)c3)CC2)cc1. The number of ether oxygens (including phenoxy) is 1. The predicted molar refractivity (Wildman–Crippen MR) is 138 cm³/mol. The van der Waals surface area contributed by atoms with Crippen molar-refractivity contribution < 1.29 is 18.7 Å². The maximum atomic E-state index is 13.3. The largest absolute Gasteiger partial charge is 0.446 e. The van der Waals surface area contributed by atoms with Crippen LogP contribution in [0.1, 0.15) is 82.4 Å². The topological polar surface area (TPSA) is 55.4 Å².